The molecule has 2 rings (SSSR count). The van der Waals surface area contributed by atoms with Gasteiger partial charge in [0.05, 0.1) is 12.5 Å². The van der Waals surface area contributed by atoms with E-state index < -0.39 is 24.4 Å². The van der Waals surface area contributed by atoms with Gasteiger partial charge in [0.15, 0.2) is 0 Å². The van der Waals surface area contributed by atoms with Crippen molar-refractivity contribution >= 4 is 0 Å². The number of aliphatic hydroxyl groups excluding tert-OH is 1. The number of phenols is 1. The molecule has 1 aliphatic rings. The van der Waals surface area contributed by atoms with Gasteiger partial charge in [-0.2, -0.15) is 0 Å². The predicted octanol–water partition coefficient (Wildman–Crippen LogP) is 1.14. The summed E-state index contributed by atoms with van der Waals surface area (Å²) in [6, 6.07) is 6.72. The highest BCUT2D eigenvalue weighted by molar-refractivity contribution is 5.33. The van der Waals surface area contributed by atoms with E-state index in [0.717, 1.165) is 0 Å². The van der Waals surface area contributed by atoms with Crippen LogP contribution >= 0.6 is 0 Å². The van der Waals surface area contributed by atoms with Crippen LogP contribution in [-0.4, -0.2) is 33.8 Å². The number of ether oxygens (including phenoxy) is 2. The fourth-order valence-corrected chi connectivity index (χ4v) is 2.09. The molecule has 2 unspecified atom stereocenters. The summed E-state index contributed by atoms with van der Waals surface area (Å²) < 4.78 is 10.4. The van der Waals surface area contributed by atoms with E-state index in [2.05, 4.69) is 0 Å². The third kappa shape index (κ3) is 2.83. The number of rotatable bonds is 5. The Morgan fingerprint density at radius 2 is 1.89 bits per heavy atom. The molecule has 3 N–H and O–H groups in total. The normalized spacial score (nSPS) is 19.5. The van der Waals surface area contributed by atoms with Gasteiger partial charge < -0.3 is 24.8 Å². The van der Waals surface area contributed by atoms with Crippen LogP contribution in [0.25, 0.3) is 0 Å². The maximum Gasteiger partial charge on any atom is 0.245 e. The molecule has 0 saturated carbocycles. The second-order valence-corrected chi connectivity index (χ2v) is 4.77. The zero-order valence-corrected chi connectivity index (χ0v) is 10.7. The Kier molecular flexibility index (Phi) is 3.97. The summed E-state index contributed by atoms with van der Waals surface area (Å²) in [5, 5.41) is 29.8. The minimum Gasteiger partial charge on any atom is -0.508 e. The van der Waals surface area contributed by atoms with E-state index in [9.17, 15) is 15.3 Å². The highest BCUT2D eigenvalue weighted by atomic mass is 16.7. The number of aliphatic hydroxyl groups is 2. The van der Waals surface area contributed by atoms with Gasteiger partial charge in [0.25, 0.3) is 0 Å². The van der Waals surface area contributed by atoms with Crippen LogP contribution < -0.4 is 0 Å². The smallest absolute Gasteiger partial charge is 0.245 e. The van der Waals surface area contributed by atoms with Gasteiger partial charge in [0.1, 0.15) is 23.9 Å². The lowest BCUT2D eigenvalue weighted by Gasteiger charge is -2.34. The van der Waals surface area contributed by atoms with Gasteiger partial charge in [-0.3, -0.25) is 0 Å². The summed E-state index contributed by atoms with van der Waals surface area (Å²) in [6.07, 6.45) is 2.28. The molecule has 0 amide bonds. The SMILES string of the molecule is CC(C1OC=CO1)C(O)(CO)Cc1ccccc1O. The van der Waals surface area contributed by atoms with E-state index in [-0.39, 0.29) is 12.2 Å². The van der Waals surface area contributed by atoms with Crippen molar-refractivity contribution in [3.05, 3.63) is 42.4 Å². The molecule has 104 valence electrons. The zero-order chi connectivity index (χ0) is 13.9. The van der Waals surface area contributed by atoms with Crippen LogP contribution in [0.2, 0.25) is 0 Å². The van der Waals surface area contributed by atoms with Crippen molar-refractivity contribution in [1.82, 2.24) is 0 Å². The van der Waals surface area contributed by atoms with Crippen molar-refractivity contribution in [2.45, 2.75) is 25.2 Å². The molecule has 1 aromatic carbocycles. The number of hydrogen-bond acceptors (Lipinski definition) is 5. The third-order valence-corrected chi connectivity index (χ3v) is 3.50. The Hall–Kier alpha value is -1.72. The Bertz CT molecular complexity index is 451. The van der Waals surface area contributed by atoms with E-state index in [1.807, 2.05) is 0 Å². The second-order valence-electron chi connectivity index (χ2n) is 4.77. The van der Waals surface area contributed by atoms with Crippen molar-refractivity contribution in [3.8, 4) is 5.75 Å². The summed E-state index contributed by atoms with van der Waals surface area (Å²) in [6.45, 7) is 1.28. The molecule has 0 aromatic heterocycles. The summed E-state index contributed by atoms with van der Waals surface area (Å²) in [5.74, 6) is -0.375. The first-order chi connectivity index (χ1) is 9.07. The second kappa shape index (κ2) is 5.50. The average Bonchev–Trinajstić information content (AvgIpc) is 2.94. The van der Waals surface area contributed by atoms with Crippen LogP contribution in [0.15, 0.2) is 36.8 Å². The minimum atomic E-state index is -1.43. The maximum atomic E-state index is 10.6. The molecule has 0 radical (unpaired) electrons. The maximum absolute atomic E-state index is 10.6. The minimum absolute atomic E-state index is 0.0907. The number of para-hydroxylation sites is 1. The quantitative estimate of drug-likeness (QED) is 0.744. The van der Waals surface area contributed by atoms with Crippen LogP contribution in [0, 0.1) is 5.92 Å². The van der Waals surface area contributed by atoms with Crippen LogP contribution in [-0.2, 0) is 15.9 Å². The molecule has 1 aromatic rings. The zero-order valence-electron chi connectivity index (χ0n) is 10.7. The Balaban J connectivity index is 2.15. The number of hydrogen-bond donors (Lipinski definition) is 3. The van der Waals surface area contributed by atoms with Gasteiger partial charge in [-0.05, 0) is 11.6 Å². The van der Waals surface area contributed by atoms with Gasteiger partial charge in [0.2, 0.25) is 6.29 Å². The van der Waals surface area contributed by atoms with E-state index >= 15 is 0 Å². The van der Waals surface area contributed by atoms with E-state index in [4.69, 9.17) is 9.47 Å². The Morgan fingerprint density at radius 1 is 1.26 bits per heavy atom. The molecule has 0 spiro atoms. The highest BCUT2D eigenvalue weighted by Gasteiger charge is 2.41. The molecule has 5 heteroatoms. The van der Waals surface area contributed by atoms with Crippen LogP contribution in [0.4, 0.5) is 0 Å². The third-order valence-electron chi connectivity index (χ3n) is 3.50. The molecule has 0 aliphatic carbocycles. The molecule has 19 heavy (non-hydrogen) atoms. The van der Waals surface area contributed by atoms with Crippen LogP contribution in [0.1, 0.15) is 12.5 Å². The average molecular weight is 266 g/mol. The lowest BCUT2D eigenvalue weighted by molar-refractivity contribution is -0.153. The Morgan fingerprint density at radius 3 is 2.47 bits per heavy atom. The van der Waals surface area contributed by atoms with Gasteiger partial charge >= 0.3 is 0 Å². The van der Waals surface area contributed by atoms with Crippen molar-refractivity contribution in [2.75, 3.05) is 6.61 Å². The summed E-state index contributed by atoms with van der Waals surface area (Å²) in [4.78, 5) is 0. The van der Waals surface area contributed by atoms with Crippen molar-refractivity contribution in [3.63, 3.8) is 0 Å². The van der Waals surface area contributed by atoms with Crippen LogP contribution in [0.5, 0.6) is 5.75 Å². The van der Waals surface area contributed by atoms with Crippen molar-refractivity contribution in [1.29, 1.82) is 0 Å². The Labute approximate surface area is 111 Å². The van der Waals surface area contributed by atoms with E-state index in [1.54, 1.807) is 31.2 Å². The summed E-state index contributed by atoms with van der Waals surface area (Å²) in [7, 11) is 0. The first-order valence-electron chi connectivity index (χ1n) is 6.13. The lowest BCUT2D eigenvalue weighted by Crippen LogP contribution is -2.48. The molecule has 0 bridgehead atoms. The fraction of sp³-hybridized carbons (Fsp3) is 0.429. The predicted molar refractivity (Wildman–Crippen MR) is 68.1 cm³/mol. The monoisotopic (exact) mass is 266 g/mol. The molecular weight excluding hydrogens is 248 g/mol. The van der Waals surface area contributed by atoms with E-state index in [1.165, 1.54) is 12.5 Å². The lowest BCUT2D eigenvalue weighted by atomic mass is 9.83. The molecular formula is C14H18O5. The molecule has 1 aliphatic heterocycles. The van der Waals surface area contributed by atoms with Gasteiger partial charge in [0, 0.05) is 6.42 Å². The van der Waals surface area contributed by atoms with E-state index in [0.29, 0.717) is 5.56 Å². The van der Waals surface area contributed by atoms with Gasteiger partial charge in [-0.15, -0.1) is 0 Å². The summed E-state index contributed by atoms with van der Waals surface area (Å²) in [5.41, 5.74) is -0.868. The molecule has 0 fully saturated rings. The molecule has 1 heterocycles. The number of phenolic OH excluding ortho intramolecular Hbond substituents is 1. The van der Waals surface area contributed by atoms with Crippen LogP contribution in [0.3, 0.4) is 0 Å². The fourth-order valence-electron chi connectivity index (χ4n) is 2.09. The molecule has 5 nitrogen and oxygen atoms in total. The van der Waals surface area contributed by atoms with Crippen molar-refractivity contribution in [2.24, 2.45) is 5.92 Å². The number of benzene rings is 1. The standard InChI is InChI=1S/C14H18O5/c1-10(13-18-6-7-19-13)14(17,9-15)8-11-4-2-3-5-12(11)16/h2-7,10,13,15-17H,8-9H2,1H3. The topological polar surface area (TPSA) is 79.2 Å². The van der Waals surface area contributed by atoms with Crippen molar-refractivity contribution < 1.29 is 24.8 Å². The highest BCUT2D eigenvalue weighted by Crippen LogP contribution is 2.31. The molecule has 2 atom stereocenters. The van der Waals surface area contributed by atoms with Gasteiger partial charge in [-0.25, -0.2) is 0 Å². The largest absolute Gasteiger partial charge is 0.508 e. The van der Waals surface area contributed by atoms with Gasteiger partial charge in [-0.1, -0.05) is 25.1 Å². The first kappa shape index (κ1) is 13.7. The summed E-state index contributed by atoms with van der Waals surface area (Å²) >= 11 is 0. The number of aromatic hydroxyl groups is 1. The molecule has 0 saturated heterocycles. The first-order valence-corrected chi connectivity index (χ1v) is 6.13.